The van der Waals surface area contributed by atoms with Crippen LogP contribution in [0.25, 0.3) is 0 Å². The zero-order chi connectivity index (χ0) is 10.2. The lowest BCUT2D eigenvalue weighted by atomic mass is 10.1. The first kappa shape index (κ1) is 11.9. The maximum atomic E-state index is 4.24. The number of hydrogen-bond donors (Lipinski definition) is 1. The molecular formula is C11H17NS2. The predicted octanol–water partition coefficient (Wildman–Crippen LogP) is 3.52. The highest BCUT2D eigenvalue weighted by molar-refractivity contribution is 7.99. The van der Waals surface area contributed by atoms with E-state index in [1.54, 1.807) is 0 Å². The summed E-state index contributed by atoms with van der Waals surface area (Å²) in [5.41, 5.74) is 0. The predicted molar refractivity (Wildman–Crippen MR) is 67.2 cm³/mol. The first-order valence-electron chi connectivity index (χ1n) is 4.96. The average molecular weight is 227 g/mol. The Balaban J connectivity index is 2.16. The summed E-state index contributed by atoms with van der Waals surface area (Å²) < 4.78 is 0. The van der Waals surface area contributed by atoms with Crippen LogP contribution in [-0.4, -0.2) is 16.5 Å². The second-order valence-corrected chi connectivity index (χ2v) is 5.05. The number of nitrogens with zero attached hydrogens (tertiary/aromatic N) is 1. The third-order valence-corrected chi connectivity index (χ3v) is 3.45. The van der Waals surface area contributed by atoms with Gasteiger partial charge in [-0.1, -0.05) is 6.92 Å². The van der Waals surface area contributed by atoms with Gasteiger partial charge in [-0.15, -0.1) is 11.8 Å². The summed E-state index contributed by atoms with van der Waals surface area (Å²) in [7, 11) is 0. The van der Waals surface area contributed by atoms with Crippen molar-refractivity contribution in [3.05, 3.63) is 24.5 Å². The molecule has 1 atom stereocenters. The van der Waals surface area contributed by atoms with Crippen molar-refractivity contribution in [3.8, 4) is 0 Å². The van der Waals surface area contributed by atoms with Crippen molar-refractivity contribution in [1.29, 1.82) is 0 Å². The lowest BCUT2D eigenvalue weighted by molar-refractivity contribution is 0.554. The van der Waals surface area contributed by atoms with Gasteiger partial charge < -0.3 is 0 Å². The molecule has 0 saturated heterocycles. The van der Waals surface area contributed by atoms with Gasteiger partial charge in [-0.25, -0.2) is 0 Å². The van der Waals surface area contributed by atoms with Crippen molar-refractivity contribution >= 4 is 24.4 Å². The molecule has 0 aliphatic carbocycles. The number of thioether (sulfide) groups is 1. The van der Waals surface area contributed by atoms with Crippen LogP contribution in [0.4, 0.5) is 0 Å². The smallest absolute Gasteiger partial charge is 0.0278 e. The second-order valence-electron chi connectivity index (χ2n) is 3.44. The second kappa shape index (κ2) is 7.18. The molecule has 0 aliphatic rings. The number of thiol groups is 1. The van der Waals surface area contributed by atoms with Gasteiger partial charge in [0.2, 0.25) is 0 Å². The van der Waals surface area contributed by atoms with Gasteiger partial charge in [-0.2, -0.15) is 12.6 Å². The third-order valence-electron chi connectivity index (χ3n) is 2.15. The van der Waals surface area contributed by atoms with E-state index in [0.717, 1.165) is 11.7 Å². The Bertz CT molecular complexity index is 238. The van der Waals surface area contributed by atoms with Gasteiger partial charge in [0.1, 0.15) is 0 Å². The molecule has 78 valence electrons. The normalized spacial score (nSPS) is 12.7. The van der Waals surface area contributed by atoms with Gasteiger partial charge in [-0.05, 0) is 42.4 Å². The maximum absolute atomic E-state index is 4.24. The topological polar surface area (TPSA) is 12.9 Å². The zero-order valence-corrected chi connectivity index (χ0v) is 10.2. The quantitative estimate of drug-likeness (QED) is 0.590. The fourth-order valence-electron chi connectivity index (χ4n) is 1.18. The van der Waals surface area contributed by atoms with E-state index in [-0.39, 0.29) is 0 Å². The van der Waals surface area contributed by atoms with Gasteiger partial charge in [0.25, 0.3) is 0 Å². The van der Waals surface area contributed by atoms with E-state index in [1.165, 1.54) is 23.5 Å². The molecule has 14 heavy (non-hydrogen) atoms. The molecule has 0 N–H and O–H groups in total. The van der Waals surface area contributed by atoms with Crippen LogP contribution in [0.15, 0.2) is 29.4 Å². The molecule has 0 saturated carbocycles. The summed E-state index contributed by atoms with van der Waals surface area (Å²) in [6.07, 6.45) is 6.19. The molecule has 1 heterocycles. The van der Waals surface area contributed by atoms with Crippen molar-refractivity contribution in [2.24, 2.45) is 5.92 Å². The Morgan fingerprint density at radius 1 is 1.36 bits per heavy atom. The third kappa shape index (κ3) is 4.91. The van der Waals surface area contributed by atoms with Crippen LogP contribution in [0.5, 0.6) is 0 Å². The van der Waals surface area contributed by atoms with Crippen molar-refractivity contribution in [1.82, 2.24) is 4.98 Å². The molecule has 0 fully saturated rings. The van der Waals surface area contributed by atoms with Crippen LogP contribution in [0.3, 0.4) is 0 Å². The standard InChI is InChI=1S/C11H17NS2/c1-10(4-8-13)5-9-14-11-2-6-12-7-3-11/h2-3,6-7,10,13H,4-5,8-9H2,1H3. The van der Waals surface area contributed by atoms with E-state index in [4.69, 9.17) is 0 Å². The molecule has 0 radical (unpaired) electrons. The van der Waals surface area contributed by atoms with E-state index in [9.17, 15) is 0 Å². The zero-order valence-electron chi connectivity index (χ0n) is 8.52. The molecular weight excluding hydrogens is 210 g/mol. The minimum atomic E-state index is 0.793. The molecule has 0 spiro atoms. The van der Waals surface area contributed by atoms with Crippen LogP contribution in [0.2, 0.25) is 0 Å². The first-order valence-corrected chi connectivity index (χ1v) is 6.58. The van der Waals surface area contributed by atoms with E-state index < -0.39 is 0 Å². The van der Waals surface area contributed by atoms with E-state index in [0.29, 0.717) is 0 Å². The molecule has 1 nitrogen and oxygen atoms in total. The summed E-state index contributed by atoms with van der Waals surface area (Å²) in [6.45, 7) is 2.29. The van der Waals surface area contributed by atoms with Gasteiger partial charge in [0.05, 0.1) is 0 Å². The fraction of sp³-hybridized carbons (Fsp3) is 0.545. The minimum absolute atomic E-state index is 0.793. The summed E-state index contributed by atoms with van der Waals surface area (Å²) in [5, 5.41) is 0. The Kier molecular flexibility index (Phi) is 6.12. The lowest BCUT2D eigenvalue weighted by Gasteiger charge is -2.08. The van der Waals surface area contributed by atoms with Crippen molar-refractivity contribution in [2.45, 2.75) is 24.7 Å². The highest BCUT2D eigenvalue weighted by atomic mass is 32.2. The monoisotopic (exact) mass is 227 g/mol. The molecule has 0 aliphatic heterocycles. The summed E-state index contributed by atoms with van der Waals surface area (Å²) in [6, 6.07) is 4.13. The summed E-state index contributed by atoms with van der Waals surface area (Å²) in [5.74, 6) is 2.99. The van der Waals surface area contributed by atoms with Gasteiger partial charge in [0.15, 0.2) is 0 Å². The minimum Gasteiger partial charge on any atom is -0.265 e. The van der Waals surface area contributed by atoms with Crippen LogP contribution in [-0.2, 0) is 0 Å². The van der Waals surface area contributed by atoms with E-state index in [1.807, 2.05) is 24.2 Å². The highest BCUT2D eigenvalue weighted by Gasteiger charge is 2.00. The summed E-state index contributed by atoms with van der Waals surface area (Å²) >= 11 is 6.15. The SMILES string of the molecule is CC(CCS)CCSc1ccncc1. The molecule has 1 unspecified atom stereocenters. The molecule has 0 amide bonds. The van der Waals surface area contributed by atoms with Crippen molar-refractivity contribution in [3.63, 3.8) is 0 Å². The Labute approximate surface area is 96.1 Å². The molecule has 1 rings (SSSR count). The molecule has 1 aromatic rings. The van der Waals surface area contributed by atoms with Gasteiger partial charge >= 0.3 is 0 Å². The van der Waals surface area contributed by atoms with Crippen LogP contribution in [0.1, 0.15) is 19.8 Å². The number of rotatable bonds is 6. The number of hydrogen-bond acceptors (Lipinski definition) is 3. The van der Waals surface area contributed by atoms with E-state index >= 15 is 0 Å². The highest BCUT2D eigenvalue weighted by Crippen LogP contribution is 2.20. The van der Waals surface area contributed by atoms with Crippen LogP contribution in [0, 0.1) is 5.92 Å². The lowest BCUT2D eigenvalue weighted by Crippen LogP contribution is -1.97. The van der Waals surface area contributed by atoms with Crippen molar-refractivity contribution < 1.29 is 0 Å². The van der Waals surface area contributed by atoms with Crippen LogP contribution < -0.4 is 0 Å². The number of pyridine rings is 1. The van der Waals surface area contributed by atoms with E-state index in [2.05, 4.69) is 36.7 Å². The average Bonchev–Trinajstić information content (AvgIpc) is 2.20. The maximum Gasteiger partial charge on any atom is 0.0278 e. The Morgan fingerprint density at radius 2 is 2.07 bits per heavy atom. The fourth-order valence-corrected chi connectivity index (χ4v) is 2.69. The Hall–Kier alpha value is -0.150. The number of aromatic nitrogens is 1. The summed E-state index contributed by atoms with van der Waals surface area (Å²) in [4.78, 5) is 5.31. The largest absolute Gasteiger partial charge is 0.265 e. The molecule has 3 heteroatoms. The molecule has 0 bridgehead atoms. The van der Waals surface area contributed by atoms with Gasteiger partial charge in [0, 0.05) is 17.3 Å². The van der Waals surface area contributed by atoms with Crippen molar-refractivity contribution in [2.75, 3.05) is 11.5 Å². The van der Waals surface area contributed by atoms with Gasteiger partial charge in [-0.3, -0.25) is 4.98 Å². The Morgan fingerprint density at radius 3 is 2.71 bits per heavy atom. The molecule has 1 aromatic heterocycles. The molecule has 0 aromatic carbocycles. The first-order chi connectivity index (χ1) is 6.83. The van der Waals surface area contributed by atoms with Crippen LogP contribution >= 0.6 is 24.4 Å².